The fourth-order valence-electron chi connectivity index (χ4n) is 2.39. The molecule has 1 fully saturated rings. The second-order valence-corrected chi connectivity index (χ2v) is 6.37. The lowest BCUT2D eigenvalue weighted by atomic mass is 10.2. The van der Waals surface area contributed by atoms with Crippen LogP contribution in [0.4, 0.5) is 9.18 Å². The molecule has 0 unspecified atom stereocenters. The fourth-order valence-corrected chi connectivity index (χ4v) is 3.30. The maximum Gasteiger partial charge on any atom is 0.293 e. The monoisotopic (exact) mass is 357 g/mol. The topological polar surface area (TPSA) is 46.6 Å². The molecular weight excluding hydrogens is 341 g/mol. The lowest BCUT2D eigenvalue weighted by Crippen LogP contribution is -2.27. The third kappa shape index (κ3) is 3.91. The molecule has 0 atom stereocenters. The summed E-state index contributed by atoms with van der Waals surface area (Å²) in [5.41, 5.74) is 1.21. The Bertz CT molecular complexity index is 850. The van der Waals surface area contributed by atoms with Crippen molar-refractivity contribution in [3.05, 3.63) is 70.4 Å². The first kappa shape index (κ1) is 17.2. The maximum atomic E-state index is 13.6. The summed E-state index contributed by atoms with van der Waals surface area (Å²) in [5, 5.41) is -0.259. The average molecular weight is 357 g/mol. The molecule has 2 aromatic carbocycles. The van der Waals surface area contributed by atoms with E-state index in [0.29, 0.717) is 22.8 Å². The van der Waals surface area contributed by atoms with E-state index in [2.05, 4.69) is 0 Å². The molecule has 1 aliphatic heterocycles. The van der Waals surface area contributed by atoms with Gasteiger partial charge >= 0.3 is 0 Å². The summed E-state index contributed by atoms with van der Waals surface area (Å²) >= 11 is 0.927. The van der Waals surface area contributed by atoms with Crippen LogP contribution in [0.2, 0.25) is 0 Å². The van der Waals surface area contributed by atoms with Crippen molar-refractivity contribution in [2.45, 2.75) is 13.5 Å². The van der Waals surface area contributed by atoms with E-state index in [4.69, 9.17) is 4.74 Å². The molecule has 1 aliphatic rings. The van der Waals surface area contributed by atoms with Crippen LogP contribution in [0.15, 0.2) is 53.4 Å². The molecule has 0 spiro atoms. The van der Waals surface area contributed by atoms with E-state index in [0.717, 1.165) is 17.3 Å². The molecule has 4 nitrogen and oxygen atoms in total. The molecule has 25 heavy (non-hydrogen) atoms. The number of hydrogen-bond acceptors (Lipinski definition) is 4. The Kier molecular flexibility index (Phi) is 5.19. The zero-order chi connectivity index (χ0) is 17.8. The van der Waals surface area contributed by atoms with Gasteiger partial charge in [0.05, 0.1) is 4.91 Å². The lowest BCUT2D eigenvalue weighted by Gasteiger charge is -2.08. The number of nitrogens with zero attached hydrogens (tertiary/aromatic N) is 1. The summed E-state index contributed by atoms with van der Waals surface area (Å²) in [5.74, 6) is -0.0335. The summed E-state index contributed by atoms with van der Waals surface area (Å²) in [6, 6.07) is 13.5. The maximum absolute atomic E-state index is 13.6. The van der Waals surface area contributed by atoms with Gasteiger partial charge in [-0.15, -0.1) is 0 Å². The number of carbonyl (C=O) groups excluding carboxylic acids is 2. The zero-order valence-corrected chi connectivity index (χ0v) is 14.4. The number of imide groups is 1. The average Bonchev–Trinajstić information content (AvgIpc) is 2.87. The first-order valence-corrected chi connectivity index (χ1v) is 8.61. The number of likely N-dealkylation sites (N-methyl/N-ethyl adjacent to an activating group) is 1. The van der Waals surface area contributed by atoms with Crippen LogP contribution in [0, 0.1) is 5.82 Å². The number of halogens is 1. The van der Waals surface area contributed by atoms with Crippen molar-refractivity contribution in [3.8, 4) is 5.75 Å². The van der Waals surface area contributed by atoms with E-state index in [9.17, 15) is 14.0 Å². The number of thioether (sulfide) groups is 1. The van der Waals surface area contributed by atoms with Crippen molar-refractivity contribution in [1.29, 1.82) is 0 Å². The second-order valence-electron chi connectivity index (χ2n) is 5.38. The van der Waals surface area contributed by atoms with Crippen molar-refractivity contribution in [2.24, 2.45) is 0 Å². The molecule has 1 heterocycles. The molecule has 0 N–H and O–H groups in total. The molecular formula is C19H16FNO3S. The van der Waals surface area contributed by atoms with Crippen LogP contribution in [-0.2, 0) is 11.4 Å². The Morgan fingerprint density at radius 1 is 1.16 bits per heavy atom. The Labute approximate surface area is 149 Å². The molecule has 0 aliphatic carbocycles. The van der Waals surface area contributed by atoms with E-state index in [-0.39, 0.29) is 23.6 Å². The molecule has 2 aromatic rings. The number of benzene rings is 2. The first-order valence-electron chi connectivity index (χ1n) is 7.80. The second kappa shape index (κ2) is 7.53. The molecule has 128 valence electrons. The highest BCUT2D eigenvalue weighted by molar-refractivity contribution is 8.18. The van der Waals surface area contributed by atoms with Crippen molar-refractivity contribution in [1.82, 2.24) is 4.90 Å². The zero-order valence-electron chi connectivity index (χ0n) is 13.6. The molecule has 0 bridgehead atoms. The molecule has 1 saturated heterocycles. The first-order chi connectivity index (χ1) is 12.1. The van der Waals surface area contributed by atoms with Crippen LogP contribution in [0.1, 0.15) is 18.1 Å². The Morgan fingerprint density at radius 3 is 2.68 bits per heavy atom. The summed E-state index contributed by atoms with van der Waals surface area (Å²) in [6.07, 6.45) is 1.66. The third-order valence-corrected chi connectivity index (χ3v) is 4.61. The van der Waals surface area contributed by atoms with Gasteiger partial charge in [0.25, 0.3) is 11.1 Å². The highest BCUT2D eigenvalue weighted by Crippen LogP contribution is 2.32. The van der Waals surface area contributed by atoms with Gasteiger partial charge in [-0.05, 0) is 48.5 Å². The molecule has 0 radical (unpaired) electrons. The highest BCUT2D eigenvalue weighted by Gasteiger charge is 2.33. The van der Waals surface area contributed by atoms with E-state index >= 15 is 0 Å². The van der Waals surface area contributed by atoms with Crippen LogP contribution in [-0.4, -0.2) is 22.6 Å². The van der Waals surface area contributed by atoms with E-state index < -0.39 is 0 Å². The van der Waals surface area contributed by atoms with Crippen LogP contribution in [0.3, 0.4) is 0 Å². The van der Waals surface area contributed by atoms with Gasteiger partial charge in [0.2, 0.25) is 0 Å². The summed E-state index contributed by atoms with van der Waals surface area (Å²) in [7, 11) is 0. The van der Waals surface area contributed by atoms with Gasteiger partial charge in [-0.1, -0.05) is 30.3 Å². The van der Waals surface area contributed by atoms with Gasteiger partial charge in [-0.3, -0.25) is 14.5 Å². The normalized spacial score (nSPS) is 15.9. The number of ether oxygens (including phenoxy) is 1. The molecule has 0 aromatic heterocycles. The van der Waals surface area contributed by atoms with Crippen LogP contribution >= 0.6 is 11.8 Å². The number of carbonyl (C=O) groups is 2. The van der Waals surface area contributed by atoms with Gasteiger partial charge < -0.3 is 4.74 Å². The van der Waals surface area contributed by atoms with Gasteiger partial charge in [0.15, 0.2) is 0 Å². The molecule has 0 saturated carbocycles. The van der Waals surface area contributed by atoms with Crippen molar-refractivity contribution >= 4 is 29.0 Å². The van der Waals surface area contributed by atoms with Crippen LogP contribution in [0.25, 0.3) is 6.08 Å². The summed E-state index contributed by atoms with van der Waals surface area (Å²) in [4.78, 5) is 25.5. The van der Waals surface area contributed by atoms with Gasteiger partial charge in [-0.25, -0.2) is 4.39 Å². The molecule has 3 rings (SSSR count). The van der Waals surface area contributed by atoms with E-state index in [1.54, 1.807) is 49.4 Å². The third-order valence-electron chi connectivity index (χ3n) is 3.70. The minimum absolute atomic E-state index is 0.114. The van der Waals surface area contributed by atoms with Crippen molar-refractivity contribution < 1.29 is 18.7 Å². The largest absolute Gasteiger partial charge is 0.489 e. The van der Waals surface area contributed by atoms with Crippen LogP contribution in [0.5, 0.6) is 5.75 Å². The van der Waals surface area contributed by atoms with Crippen molar-refractivity contribution in [2.75, 3.05) is 6.54 Å². The summed E-state index contributed by atoms with van der Waals surface area (Å²) in [6.45, 7) is 2.23. The number of hydrogen-bond donors (Lipinski definition) is 0. The SMILES string of the molecule is CCN1C(=O)S/C(=C\c2cccc(OCc3ccccc3F)c2)C1=O. The Morgan fingerprint density at radius 2 is 1.96 bits per heavy atom. The minimum atomic E-state index is -0.313. The number of amides is 2. The van der Waals surface area contributed by atoms with Crippen LogP contribution < -0.4 is 4.74 Å². The molecule has 2 amide bonds. The van der Waals surface area contributed by atoms with Gasteiger partial charge in [0.1, 0.15) is 18.2 Å². The fraction of sp³-hybridized carbons (Fsp3) is 0.158. The quantitative estimate of drug-likeness (QED) is 0.741. The van der Waals surface area contributed by atoms with Gasteiger partial charge in [-0.2, -0.15) is 0 Å². The van der Waals surface area contributed by atoms with Crippen molar-refractivity contribution in [3.63, 3.8) is 0 Å². The number of rotatable bonds is 5. The van der Waals surface area contributed by atoms with Gasteiger partial charge in [0, 0.05) is 12.1 Å². The van der Waals surface area contributed by atoms with E-state index in [1.165, 1.54) is 11.0 Å². The standard InChI is InChI=1S/C19H16FNO3S/c1-2-21-18(22)17(25-19(21)23)11-13-6-5-8-15(10-13)24-12-14-7-3-4-9-16(14)20/h3-11H,2,12H2,1H3/b17-11-. The Balaban J connectivity index is 1.74. The predicted octanol–water partition coefficient (Wildman–Crippen LogP) is 4.46. The molecule has 6 heteroatoms. The summed E-state index contributed by atoms with van der Waals surface area (Å²) < 4.78 is 19.3. The highest BCUT2D eigenvalue weighted by atomic mass is 32.2. The predicted molar refractivity (Wildman–Crippen MR) is 95.5 cm³/mol. The minimum Gasteiger partial charge on any atom is -0.489 e. The lowest BCUT2D eigenvalue weighted by molar-refractivity contribution is -0.122. The Hall–Kier alpha value is -2.60. The smallest absolute Gasteiger partial charge is 0.293 e. The van der Waals surface area contributed by atoms with E-state index in [1.807, 2.05) is 6.07 Å².